The first-order valence-corrected chi connectivity index (χ1v) is 6.07. The van der Waals surface area contributed by atoms with E-state index in [1.165, 1.54) is 7.11 Å². The van der Waals surface area contributed by atoms with Gasteiger partial charge in [0, 0.05) is 0 Å². The van der Waals surface area contributed by atoms with Gasteiger partial charge < -0.3 is 15.2 Å². The molecule has 1 aromatic rings. The number of hydrogen-bond donors (Lipinski definition) is 2. The van der Waals surface area contributed by atoms with Gasteiger partial charge in [0.25, 0.3) is 0 Å². The van der Waals surface area contributed by atoms with Crippen LogP contribution in [0.4, 0.5) is 5.82 Å². The molecular formula is C12H17N3O3. The molecule has 0 spiro atoms. The third kappa shape index (κ3) is 2.95. The molecule has 1 fully saturated rings. The summed E-state index contributed by atoms with van der Waals surface area (Å²) >= 11 is 0. The zero-order valence-corrected chi connectivity index (χ0v) is 10.3. The summed E-state index contributed by atoms with van der Waals surface area (Å²) in [7, 11) is 1.30. The third-order valence-corrected chi connectivity index (χ3v) is 3.12. The van der Waals surface area contributed by atoms with E-state index in [1.54, 1.807) is 12.1 Å². The van der Waals surface area contributed by atoms with Gasteiger partial charge in [0.05, 0.1) is 19.3 Å². The standard InChI is InChI=1S/C12H17N3O3/c1-18-12(17)9-6-7-11(15-14-9)13-8-4-2-3-5-10(8)16/h6-8,10,16H,2-5H2,1H3,(H,13,15)/t8-,10-/m0/s1. The van der Waals surface area contributed by atoms with Crippen molar-refractivity contribution in [3.63, 3.8) is 0 Å². The van der Waals surface area contributed by atoms with Gasteiger partial charge in [-0.1, -0.05) is 12.8 Å². The molecule has 0 bridgehead atoms. The van der Waals surface area contributed by atoms with Crippen LogP contribution in [-0.2, 0) is 4.74 Å². The number of aliphatic hydroxyl groups excluding tert-OH is 1. The van der Waals surface area contributed by atoms with Crippen molar-refractivity contribution in [3.05, 3.63) is 17.8 Å². The summed E-state index contributed by atoms with van der Waals surface area (Å²) in [5.74, 6) is 0.0559. The number of aromatic nitrogens is 2. The lowest BCUT2D eigenvalue weighted by atomic mass is 9.93. The fraction of sp³-hybridized carbons (Fsp3) is 0.583. The van der Waals surface area contributed by atoms with Crippen molar-refractivity contribution < 1.29 is 14.6 Å². The summed E-state index contributed by atoms with van der Waals surface area (Å²) < 4.78 is 4.54. The lowest BCUT2D eigenvalue weighted by Crippen LogP contribution is -2.36. The van der Waals surface area contributed by atoms with Crippen LogP contribution in [0.15, 0.2) is 12.1 Å². The second kappa shape index (κ2) is 5.77. The van der Waals surface area contributed by atoms with E-state index in [-0.39, 0.29) is 17.8 Å². The van der Waals surface area contributed by atoms with Crippen molar-refractivity contribution in [2.45, 2.75) is 37.8 Å². The first kappa shape index (κ1) is 12.8. The van der Waals surface area contributed by atoms with E-state index < -0.39 is 5.97 Å². The Balaban J connectivity index is 1.99. The largest absolute Gasteiger partial charge is 0.464 e. The predicted octanol–water partition coefficient (Wildman–Crippen LogP) is 0.979. The molecule has 1 aliphatic carbocycles. The Morgan fingerprint density at radius 3 is 2.78 bits per heavy atom. The smallest absolute Gasteiger partial charge is 0.358 e. The maximum Gasteiger partial charge on any atom is 0.358 e. The topological polar surface area (TPSA) is 84.3 Å². The summed E-state index contributed by atoms with van der Waals surface area (Å²) in [5.41, 5.74) is 0.173. The number of methoxy groups -OCH3 is 1. The molecular weight excluding hydrogens is 234 g/mol. The molecule has 0 radical (unpaired) electrons. The minimum Gasteiger partial charge on any atom is -0.464 e. The number of carbonyl (C=O) groups excluding carboxylic acids is 1. The Kier molecular flexibility index (Phi) is 4.09. The van der Waals surface area contributed by atoms with Crippen LogP contribution in [0.3, 0.4) is 0 Å². The molecule has 98 valence electrons. The van der Waals surface area contributed by atoms with Crippen LogP contribution in [0.1, 0.15) is 36.2 Å². The summed E-state index contributed by atoms with van der Waals surface area (Å²) in [4.78, 5) is 11.2. The minimum atomic E-state index is -0.508. The molecule has 1 heterocycles. The molecule has 2 atom stereocenters. The molecule has 2 rings (SSSR count). The van der Waals surface area contributed by atoms with Gasteiger partial charge in [0.1, 0.15) is 5.82 Å². The number of hydrogen-bond acceptors (Lipinski definition) is 6. The Labute approximate surface area is 105 Å². The number of rotatable bonds is 3. The number of ether oxygens (including phenoxy) is 1. The maximum absolute atomic E-state index is 11.2. The van der Waals surface area contributed by atoms with Crippen LogP contribution in [0.25, 0.3) is 0 Å². The van der Waals surface area contributed by atoms with E-state index in [4.69, 9.17) is 0 Å². The number of carbonyl (C=O) groups is 1. The average molecular weight is 251 g/mol. The van der Waals surface area contributed by atoms with Gasteiger partial charge in [-0.2, -0.15) is 0 Å². The molecule has 1 saturated carbocycles. The Morgan fingerprint density at radius 2 is 2.17 bits per heavy atom. The van der Waals surface area contributed by atoms with Crippen molar-refractivity contribution in [2.24, 2.45) is 0 Å². The summed E-state index contributed by atoms with van der Waals surface area (Å²) in [6.45, 7) is 0. The Hall–Kier alpha value is -1.69. The van der Waals surface area contributed by atoms with E-state index in [0.717, 1.165) is 25.7 Å². The van der Waals surface area contributed by atoms with Gasteiger partial charge in [-0.05, 0) is 25.0 Å². The molecule has 1 aromatic heterocycles. The van der Waals surface area contributed by atoms with Crippen molar-refractivity contribution in [3.8, 4) is 0 Å². The number of anilines is 1. The van der Waals surface area contributed by atoms with Gasteiger partial charge in [0.2, 0.25) is 0 Å². The lowest BCUT2D eigenvalue weighted by Gasteiger charge is -2.28. The van der Waals surface area contributed by atoms with Crippen LogP contribution in [-0.4, -0.2) is 40.5 Å². The highest BCUT2D eigenvalue weighted by atomic mass is 16.5. The van der Waals surface area contributed by atoms with Crippen LogP contribution < -0.4 is 5.32 Å². The van der Waals surface area contributed by atoms with E-state index >= 15 is 0 Å². The highest BCUT2D eigenvalue weighted by Gasteiger charge is 2.23. The first-order chi connectivity index (χ1) is 8.70. The molecule has 0 saturated heterocycles. The molecule has 1 aliphatic rings. The zero-order valence-electron chi connectivity index (χ0n) is 10.3. The second-order valence-electron chi connectivity index (χ2n) is 4.40. The highest BCUT2D eigenvalue weighted by molar-refractivity contribution is 5.86. The third-order valence-electron chi connectivity index (χ3n) is 3.12. The van der Waals surface area contributed by atoms with Crippen molar-refractivity contribution in [2.75, 3.05) is 12.4 Å². The highest BCUT2D eigenvalue weighted by Crippen LogP contribution is 2.21. The first-order valence-electron chi connectivity index (χ1n) is 6.07. The number of aliphatic hydroxyl groups is 1. The molecule has 18 heavy (non-hydrogen) atoms. The predicted molar refractivity (Wildman–Crippen MR) is 65.3 cm³/mol. The van der Waals surface area contributed by atoms with Crippen molar-refractivity contribution >= 4 is 11.8 Å². The van der Waals surface area contributed by atoms with Gasteiger partial charge in [-0.15, -0.1) is 10.2 Å². The molecule has 0 amide bonds. The lowest BCUT2D eigenvalue weighted by molar-refractivity contribution is 0.0592. The fourth-order valence-electron chi connectivity index (χ4n) is 2.09. The normalized spacial score (nSPS) is 23.4. The molecule has 0 unspecified atom stereocenters. The van der Waals surface area contributed by atoms with Crippen LogP contribution in [0, 0.1) is 0 Å². The Morgan fingerprint density at radius 1 is 1.39 bits per heavy atom. The molecule has 6 nitrogen and oxygen atoms in total. The van der Waals surface area contributed by atoms with E-state index in [2.05, 4.69) is 20.3 Å². The Bertz CT molecular complexity index is 408. The number of esters is 1. The van der Waals surface area contributed by atoms with Gasteiger partial charge in [0.15, 0.2) is 5.69 Å². The van der Waals surface area contributed by atoms with Crippen molar-refractivity contribution in [1.29, 1.82) is 0 Å². The van der Waals surface area contributed by atoms with E-state index in [1.807, 2.05) is 0 Å². The molecule has 0 aromatic carbocycles. The summed E-state index contributed by atoms with van der Waals surface area (Å²) in [6, 6.07) is 3.23. The van der Waals surface area contributed by atoms with Gasteiger partial charge in [-0.3, -0.25) is 0 Å². The van der Waals surface area contributed by atoms with Gasteiger partial charge >= 0.3 is 5.97 Å². The number of nitrogens with one attached hydrogen (secondary N) is 1. The average Bonchev–Trinajstić information content (AvgIpc) is 2.41. The maximum atomic E-state index is 11.2. The van der Waals surface area contributed by atoms with E-state index in [0.29, 0.717) is 5.82 Å². The SMILES string of the molecule is COC(=O)c1ccc(N[C@H]2CCCC[C@@H]2O)nn1. The summed E-state index contributed by atoms with van der Waals surface area (Å²) in [6.07, 6.45) is 3.54. The quantitative estimate of drug-likeness (QED) is 0.779. The second-order valence-corrected chi connectivity index (χ2v) is 4.40. The van der Waals surface area contributed by atoms with Gasteiger partial charge in [-0.25, -0.2) is 4.79 Å². The van der Waals surface area contributed by atoms with Crippen LogP contribution >= 0.6 is 0 Å². The van der Waals surface area contributed by atoms with Crippen LogP contribution in [0.2, 0.25) is 0 Å². The molecule has 0 aliphatic heterocycles. The minimum absolute atomic E-state index is 0.0111. The number of nitrogens with zero attached hydrogens (tertiary/aromatic N) is 2. The molecule has 6 heteroatoms. The summed E-state index contributed by atoms with van der Waals surface area (Å²) in [5, 5.41) is 20.6. The van der Waals surface area contributed by atoms with Crippen LogP contribution in [0.5, 0.6) is 0 Å². The fourth-order valence-corrected chi connectivity index (χ4v) is 2.09. The van der Waals surface area contributed by atoms with Crippen molar-refractivity contribution in [1.82, 2.24) is 10.2 Å². The zero-order chi connectivity index (χ0) is 13.0. The van der Waals surface area contributed by atoms with E-state index in [9.17, 15) is 9.90 Å². The monoisotopic (exact) mass is 251 g/mol. The molecule has 2 N–H and O–H groups in total.